The summed E-state index contributed by atoms with van der Waals surface area (Å²) in [5.41, 5.74) is 0.999. The van der Waals surface area contributed by atoms with E-state index in [4.69, 9.17) is 4.74 Å². The van der Waals surface area contributed by atoms with Crippen LogP contribution in [0.3, 0.4) is 0 Å². The number of carbonyl (C=O) groups excluding carboxylic acids is 1. The number of Topliss-reactive ketones (excluding diaryl/α,β-unsaturated/α-hetero) is 1. The Kier molecular flexibility index (Phi) is 2.69. The summed E-state index contributed by atoms with van der Waals surface area (Å²) >= 11 is 3.15. The maximum absolute atomic E-state index is 11.3. The predicted octanol–water partition coefficient (Wildman–Crippen LogP) is 2.48. The summed E-state index contributed by atoms with van der Waals surface area (Å²) in [7, 11) is 0. The van der Waals surface area contributed by atoms with Gasteiger partial charge in [-0.1, -0.05) is 0 Å². The van der Waals surface area contributed by atoms with Crippen LogP contribution in [0.15, 0.2) is 4.21 Å². The van der Waals surface area contributed by atoms with Crippen LogP contribution in [0.1, 0.15) is 16.6 Å². The molecule has 0 saturated heterocycles. The average Bonchev–Trinajstić information content (AvgIpc) is 2.56. The molecule has 2 rings (SSSR count). The van der Waals surface area contributed by atoms with E-state index in [1.807, 2.05) is 6.26 Å². The molecule has 0 bridgehead atoms. The Bertz CT molecular complexity index is 373. The van der Waals surface area contributed by atoms with E-state index in [0.29, 0.717) is 6.61 Å². The Morgan fingerprint density at radius 1 is 1.64 bits per heavy atom. The van der Waals surface area contributed by atoms with Gasteiger partial charge < -0.3 is 10.1 Å². The van der Waals surface area contributed by atoms with Gasteiger partial charge in [-0.25, -0.2) is 0 Å². The predicted molar refractivity (Wildman–Crippen MR) is 60.1 cm³/mol. The Hall–Kier alpha value is -0.680. The molecule has 76 valence electrons. The highest BCUT2D eigenvalue weighted by Gasteiger charge is 2.24. The van der Waals surface area contributed by atoms with Crippen LogP contribution in [-0.2, 0) is 0 Å². The SMILES string of the molecule is CSc1sc(C(C)=O)c2c1NCCO2. The molecule has 0 saturated carbocycles. The summed E-state index contributed by atoms with van der Waals surface area (Å²) in [6.45, 7) is 3.03. The molecular weight excluding hydrogens is 218 g/mol. The molecule has 0 aromatic carbocycles. The van der Waals surface area contributed by atoms with E-state index in [0.717, 1.165) is 27.1 Å². The molecule has 2 heterocycles. The minimum atomic E-state index is 0.0789. The lowest BCUT2D eigenvalue weighted by atomic mass is 10.3. The molecule has 0 spiro atoms. The molecule has 1 aromatic rings. The fraction of sp³-hybridized carbons (Fsp3) is 0.444. The monoisotopic (exact) mass is 229 g/mol. The smallest absolute Gasteiger partial charge is 0.173 e. The van der Waals surface area contributed by atoms with Crippen molar-refractivity contribution >= 4 is 34.6 Å². The summed E-state index contributed by atoms with van der Waals surface area (Å²) in [6, 6.07) is 0. The van der Waals surface area contributed by atoms with Gasteiger partial charge in [0.15, 0.2) is 11.5 Å². The minimum Gasteiger partial charge on any atom is -0.488 e. The van der Waals surface area contributed by atoms with Crippen molar-refractivity contribution in [2.45, 2.75) is 11.1 Å². The molecule has 0 radical (unpaired) electrons. The van der Waals surface area contributed by atoms with E-state index in [-0.39, 0.29) is 5.78 Å². The van der Waals surface area contributed by atoms with Crippen LogP contribution in [-0.4, -0.2) is 25.2 Å². The van der Waals surface area contributed by atoms with Gasteiger partial charge in [-0.15, -0.1) is 23.1 Å². The summed E-state index contributed by atoms with van der Waals surface area (Å²) in [4.78, 5) is 12.1. The molecule has 1 N–H and O–H groups in total. The molecule has 0 fully saturated rings. The first kappa shape index (κ1) is 9.86. The number of ether oxygens (including phenoxy) is 1. The normalized spacial score (nSPS) is 14.1. The summed E-state index contributed by atoms with van der Waals surface area (Å²) in [5.74, 6) is 0.827. The molecule has 0 atom stereocenters. The van der Waals surface area contributed by atoms with E-state index in [1.54, 1.807) is 18.7 Å². The van der Waals surface area contributed by atoms with Crippen molar-refractivity contribution < 1.29 is 9.53 Å². The number of thioether (sulfide) groups is 1. The van der Waals surface area contributed by atoms with Crippen LogP contribution in [0.2, 0.25) is 0 Å². The lowest BCUT2D eigenvalue weighted by Gasteiger charge is -2.17. The van der Waals surface area contributed by atoms with Crippen LogP contribution in [0.25, 0.3) is 0 Å². The first-order valence-corrected chi connectivity index (χ1v) is 6.36. The molecule has 0 amide bonds. The number of fused-ring (bicyclic) bond motifs is 1. The highest BCUT2D eigenvalue weighted by Crippen LogP contribution is 2.46. The summed E-state index contributed by atoms with van der Waals surface area (Å²) in [5, 5.41) is 3.27. The number of hydrogen-bond acceptors (Lipinski definition) is 5. The van der Waals surface area contributed by atoms with E-state index in [1.165, 1.54) is 11.3 Å². The Morgan fingerprint density at radius 2 is 2.43 bits per heavy atom. The lowest BCUT2D eigenvalue weighted by molar-refractivity contribution is 0.101. The highest BCUT2D eigenvalue weighted by atomic mass is 32.2. The Morgan fingerprint density at radius 3 is 3.07 bits per heavy atom. The molecule has 1 aliphatic rings. The van der Waals surface area contributed by atoms with Gasteiger partial charge in [-0.05, 0) is 6.26 Å². The molecular formula is C9H11NO2S2. The topological polar surface area (TPSA) is 38.3 Å². The minimum absolute atomic E-state index is 0.0789. The highest BCUT2D eigenvalue weighted by molar-refractivity contribution is 8.00. The van der Waals surface area contributed by atoms with E-state index < -0.39 is 0 Å². The largest absolute Gasteiger partial charge is 0.488 e. The van der Waals surface area contributed by atoms with Gasteiger partial charge >= 0.3 is 0 Å². The number of thiophene rings is 1. The molecule has 14 heavy (non-hydrogen) atoms. The van der Waals surface area contributed by atoms with E-state index in [2.05, 4.69) is 5.32 Å². The van der Waals surface area contributed by atoms with Gasteiger partial charge in [0, 0.05) is 13.5 Å². The first-order chi connectivity index (χ1) is 6.74. The van der Waals surface area contributed by atoms with Gasteiger partial charge in [-0.3, -0.25) is 4.79 Å². The summed E-state index contributed by atoms with van der Waals surface area (Å²) in [6.07, 6.45) is 2.01. The van der Waals surface area contributed by atoms with Gasteiger partial charge in [0.1, 0.15) is 17.2 Å². The van der Waals surface area contributed by atoms with Crippen LogP contribution >= 0.6 is 23.1 Å². The third-order valence-corrected chi connectivity index (χ3v) is 4.38. The number of anilines is 1. The molecule has 0 unspecified atom stereocenters. The fourth-order valence-corrected chi connectivity index (χ4v) is 3.19. The fourth-order valence-electron chi connectivity index (χ4n) is 1.39. The maximum atomic E-state index is 11.3. The van der Waals surface area contributed by atoms with E-state index in [9.17, 15) is 4.79 Å². The van der Waals surface area contributed by atoms with Crippen molar-refractivity contribution in [2.24, 2.45) is 0 Å². The van der Waals surface area contributed by atoms with Gasteiger partial charge in [0.05, 0.1) is 4.21 Å². The molecule has 5 heteroatoms. The molecule has 3 nitrogen and oxygen atoms in total. The van der Waals surface area contributed by atoms with Crippen LogP contribution in [0.5, 0.6) is 5.75 Å². The molecule has 0 aliphatic carbocycles. The van der Waals surface area contributed by atoms with Crippen molar-refractivity contribution in [3.63, 3.8) is 0 Å². The summed E-state index contributed by atoms with van der Waals surface area (Å²) < 4.78 is 6.64. The average molecular weight is 229 g/mol. The van der Waals surface area contributed by atoms with Crippen LogP contribution in [0.4, 0.5) is 5.69 Å². The van der Waals surface area contributed by atoms with Crippen molar-refractivity contribution in [2.75, 3.05) is 24.7 Å². The zero-order valence-electron chi connectivity index (χ0n) is 8.05. The number of nitrogens with one attached hydrogen (secondary N) is 1. The van der Waals surface area contributed by atoms with Gasteiger partial charge in [0.2, 0.25) is 0 Å². The first-order valence-electron chi connectivity index (χ1n) is 4.32. The molecule has 1 aliphatic heterocycles. The van der Waals surface area contributed by atoms with Crippen molar-refractivity contribution in [1.29, 1.82) is 0 Å². The number of carbonyl (C=O) groups is 1. The second kappa shape index (κ2) is 3.82. The van der Waals surface area contributed by atoms with E-state index >= 15 is 0 Å². The van der Waals surface area contributed by atoms with Crippen LogP contribution in [0, 0.1) is 0 Å². The quantitative estimate of drug-likeness (QED) is 0.624. The number of hydrogen-bond donors (Lipinski definition) is 1. The zero-order valence-corrected chi connectivity index (χ0v) is 9.68. The van der Waals surface area contributed by atoms with Crippen molar-refractivity contribution in [3.05, 3.63) is 4.88 Å². The maximum Gasteiger partial charge on any atom is 0.173 e. The Labute approximate surface area is 90.8 Å². The van der Waals surface area contributed by atoms with Gasteiger partial charge in [-0.2, -0.15) is 0 Å². The number of ketones is 1. The Balaban J connectivity index is 2.52. The third kappa shape index (κ3) is 1.50. The standard InChI is InChI=1S/C9H11NO2S2/c1-5(11)8-7-6(9(13-2)14-8)10-3-4-12-7/h10H,3-4H2,1-2H3. The molecule has 1 aromatic heterocycles. The second-order valence-corrected chi connectivity index (χ2v) is 5.05. The van der Waals surface area contributed by atoms with Crippen molar-refractivity contribution in [1.82, 2.24) is 0 Å². The second-order valence-electron chi connectivity index (χ2n) is 2.96. The zero-order chi connectivity index (χ0) is 10.1. The van der Waals surface area contributed by atoms with Crippen LogP contribution < -0.4 is 10.1 Å². The lowest BCUT2D eigenvalue weighted by Crippen LogP contribution is -2.18. The van der Waals surface area contributed by atoms with Gasteiger partial charge in [0.25, 0.3) is 0 Å². The van der Waals surface area contributed by atoms with Crippen molar-refractivity contribution in [3.8, 4) is 5.75 Å². The third-order valence-electron chi connectivity index (χ3n) is 1.99. The number of rotatable bonds is 2.